The smallest absolute Gasteiger partial charge is 0.115 e. The Morgan fingerprint density at radius 3 is 2.77 bits per heavy atom. The summed E-state index contributed by atoms with van der Waals surface area (Å²) in [5.41, 5.74) is 6.68. The predicted molar refractivity (Wildman–Crippen MR) is 59.5 cm³/mol. The maximum absolute atomic E-state index is 9.23. The molecule has 4 N–H and O–H groups in total. The van der Waals surface area contributed by atoms with Gasteiger partial charge in [-0.2, -0.15) is 0 Å². The average Bonchev–Trinajstić information content (AvgIpc) is 2.09. The molecule has 3 nitrogen and oxygen atoms in total. The summed E-state index contributed by atoms with van der Waals surface area (Å²) in [6.45, 7) is 0.0624. The van der Waals surface area contributed by atoms with Gasteiger partial charge in [-0.3, -0.25) is 0 Å². The van der Waals surface area contributed by atoms with Gasteiger partial charge in [0.15, 0.2) is 0 Å². The zero-order valence-corrected chi connectivity index (χ0v) is 9.23. The van der Waals surface area contributed by atoms with Gasteiger partial charge in [-0.05, 0) is 52.8 Å². The molecule has 0 radical (unpaired) electrons. The van der Waals surface area contributed by atoms with Gasteiger partial charge >= 0.3 is 0 Å². The van der Waals surface area contributed by atoms with Gasteiger partial charge in [0.1, 0.15) is 5.75 Å². The topological polar surface area (TPSA) is 66.5 Å². The van der Waals surface area contributed by atoms with E-state index in [-0.39, 0.29) is 18.4 Å². The fourth-order valence-electron chi connectivity index (χ4n) is 1.11. The number of hydrogen-bond acceptors (Lipinski definition) is 3. The maximum Gasteiger partial charge on any atom is 0.115 e. The Hall–Kier alpha value is -0.330. The van der Waals surface area contributed by atoms with E-state index in [0.29, 0.717) is 6.42 Å². The molecule has 1 atom stereocenters. The highest BCUT2D eigenvalue weighted by molar-refractivity contribution is 14.1. The number of aliphatic hydroxyl groups is 1. The Labute approximate surface area is 90.7 Å². The van der Waals surface area contributed by atoms with Crippen molar-refractivity contribution in [3.8, 4) is 5.75 Å². The molecule has 1 aromatic carbocycles. The fourth-order valence-corrected chi connectivity index (χ4v) is 1.85. The van der Waals surface area contributed by atoms with E-state index in [1.807, 2.05) is 6.07 Å². The molecule has 0 spiro atoms. The molecule has 13 heavy (non-hydrogen) atoms. The van der Waals surface area contributed by atoms with Crippen LogP contribution in [0.4, 0.5) is 0 Å². The molecule has 0 saturated heterocycles. The van der Waals surface area contributed by atoms with Crippen LogP contribution in [-0.4, -0.2) is 16.8 Å². The fraction of sp³-hybridized carbons (Fsp3) is 0.333. The van der Waals surface area contributed by atoms with E-state index in [1.165, 1.54) is 0 Å². The monoisotopic (exact) mass is 293 g/mol. The van der Waals surface area contributed by atoms with Crippen molar-refractivity contribution in [2.75, 3.05) is 6.61 Å². The van der Waals surface area contributed by atoms with Crippen LogP contribution in [0.5, 0.6) is 5.75 Å². The van der Waals surface area contributed by atoms with Crippen molar-refractivity contribution < 1.29 is 10.2 Å². The molecule has 0 unspecified atom stereocenters. The summed E-state index contributed by atoms with van der Waals surface area (Å²) in [4.78, 5) is 0. The highest BCUT2D eigenvalue weighted by Crippen LogP contribution is 2.24. The average molecular weight is 293 g/mol. The van der Waals surface area contributed by atoms with Gasteiger partial charge in [0, 0.05) is 16.2 Å². The first-order valence-electron chi connectivity index (χ1n) is 4.00. The summed E-state index contributed by atoms with van der Waals surface area (Å²) in [5, 5.41) is 17.9. The summed E-state index contributed by atoms with van der Waals surface area (Å²) in [6.07, 6.45) is 0.513. The summed E-state index contributed by atoms with van der Waals surface area (Å²) in [7, 11) is 0. The molecule has 72 valence electrons. The zero-order valence-electron chi connectivity index (χ0n) is 7.07. The lowest BCUT2D eigenvalue weighted by atomic mass is 10.1. The molecule has 0 aliphatic carbocycles. The molecule has 0 aliphatic heterocycles. The van der Waals surface area contributed by atoms with Crippen molar-refractivity contribution in [3.63, 3.8) is 0 Å². The third kappa shape index (κ3) is 2.82. The van der Waals surface area contributed by atoms with Crippen LogP contribution in [0.15, 0.2) is 18.2 Å². The molecule has 0 amide bonds. The highest BCUT2D eigenvalue weighted by atomic mass is 127. The number of phenolic OH excluding ortho intramolecular Hbond substituents is 1. The summed E-state index contributed by atoms with van der Waals surface area (Å²) in [5.74, 6) is 0.212. The maximum atomic E-state index is 9.23. The molecule has 1 rings (SSSR count). The Kier molecular flexibility index (Phi) is 3.95. The lowest BCUT2D eigenvalue weighted by Crippen LogP contribution is -2.13. The summed E-state index contributed by atoms with van der Waals surface area (Å²) >= 11 is 2.16. The van der Waals surface area contributed by atoms with E-state index in [2.05, 4.69) is 22.6 Å². The van der Waals surface area contributed by atoms with Crippen molar-refractivity contribution in [3.05, 3.63) is 27.3 Å². The lowest BCUT2D eigenvalue weighted by molar-refractivity contribution is 0.276. The van der Waals surface area contributed by atoms with Crippen molar-refractivity contribution in [2.45, 2.75) is 12.5 Å². The number of aliphatic hydroxyl groups excluding tert-OH is 1. The van der Waals surface area contributed by atoms with Crippen LogP contribution in [-0.2, 0) is 0 Å². The van der Waals surface area contributed by atoms with E-state index in [1.54, 1.807) is 12.1 Å². The predicted octanol–water partition coefficient (Wildman–Crippen LogP) is 1.38. The molecule has 0 aromatic heterocycles. The van der Waals surface area contributed by atoms with E-state index in [0.717, 1.165) is 9.13 Å². The van der Waals surface area contributed by atoms with Crippen LogP contribution in [0.3, 0.4) is 0 Å². The van der Waals surface area contributed by atoms with Crippen LogP contribution in [0.2, 0.25) is 0 Å². The van der Waals surface area contributed by atoms with E-state index in [9.17, 15) is 5.11 Å². The van der Waals surface area contributed by atoms with Crippen LogP contribution >= 0.6 is 22.6 Å². The Balaban J connectivity index is 2.91. The van der Waals surface area contributed by atoms with Gasteiger partial charge in [-0.1, -0.05) is 0 Å². The molecule has 0 heterocycles. The van der Waals surface area contributed by atoms with Gasteiger partial charge < -0.3 is 15.9 Å². The van der Waals surface area contributed by atoms with Crippen LogP contribution in [0.1, 0.15) is 18.0 Å². The van der Waals surface area contributed by atoms with Gasteiger partial charge in [0.25, 0.3) is 0 Å². The number of halogens is 1. The summed E-state index contributed by atoms with van der Waals surface area (Å²) < 4.78 is 1.01. The highest BCUT2D eigenvalue weighted by Gasteiger charge is 2.09. The number of benzene rings is 1. The molecule has 4 heteroatoms. The normalized spacial score (nSPS) is 12.8. The van der Waals surface area contributed by atoms with Crippen LogP contribution in [0.25, 0.3) is 0 Å². The van der Waals surface area contributed by atoms with Crippen LogP contribution in [0, 0.1) is 3.57 Å². The van der Waals surface area contributed by atoms with E-state index in [4.69, 9.17) is 10.8 Å². The molecule has 0 fully saturated rings. The molecular weight excluding hydrogens is 281 g/mol. The number of aromatic hydroxyl groups is 1. The van der Waals surface area contributed by atoms with Gasteiger partial charge in [0.2, 0.25) is 0 Å². The van der Waals surface area contributed by atoms with Gasteiger partial charge in [-0.25, -0.2) is 0 Å². The van der Waals surface area contributed by atoms with Crippen molar-refractivity contribution in [1.82, 2.24) is 0 Å². The molecule has 0 saturated carbocycles. The quantitative estimate of drug-likeness (QED) is 0.738. The van der Waals surface area contributed by atoms with Gasteiger partial charge in [-0.15, -0.1) is 0 Å². The van der Waals surface area contributed by atoms with E-state index >= 15 is 0 Å². The minimum Gasteiger partial charge on any atom is -0.508 e. The van der Waals surface area contributed by atoms with E-state index < -0.39 is 0 Å². The first-order valence-corrected chi connectivity index (χ1v) is 5.08. The Morgan fingerprint density at radius 2 is 2.15 bits per heavy atom. The number of rotatable bonds is 3. The second kappa shape index (κ2) is 4.78. The zero-order chi connectivity index (χ0) is 9.84. The third-order valence-electron chi connectivity index (χ3n) is 1.82. The standard InChI is InChI=1S/C9H12INO2/c10-8-2-1-6(13)5-7(8)9(11)3-4-12/h1-2,5,9,12-13H,3-4,11H2/t9-/m1/s1. The first-order chi connectivity index (χ1) is 6.15. The molecule has 0 aliphatic rings. The number of hydrogen-bond donors (Lipinski definition) is 3. The van der Waals surface area contributed by atoms with Crippen molar-refractivity contribution >= 4 is 22.6 Å². The molecule has 0 bridgehead atoms. The van der Waals surface area contributed by atoms with Gasteiger partial charge in [0.05, 0.1) is 0 Å². The SMILES string of the molecule is N[C@H](CCO)c1cc(O)ccc1I. The lowest BCUT2D eigenvalue weighted by Gasteiger charge is -2.12. The van der Waals surface area contributed by atoms with Crippen molar-refractivity contribution in [2.24, 2.45) is 5.73 Å². The number of phenols is 1. The summed E-state index contributed by atoms with van der Waals surface area (Å²) in [6, 6.07) is 4.87. The number of nitrogens with two attached hydrogens (primary N) is 1. The second-order valence-corrected chi connectivity index (χ2v) is 3.99. The Morgan fingerprint density at radius 1 is 1.46 bits per heavy atom. The Bertz CT molecular complexity index is 291. The molecular formula is C9H12INO2. The van der Waals surface area contributed by atoms with Crippen molar-refractivity contribution in [1.29, 1.82) is 0 Å². The van der Waals surface area contributed by atoms with Crippen LogP contribution < -0.4 is 5.73 Å². The molecule has 1 aromatic rings. The largest absolute Gasteiger partial charge is 0.508 e. The second-order valence-electron chi connectivity index (χ2n) is 2.82. The minimum absolute atomic E-state index is 0.0624. The minimum atomic E-state index is -0.205. The first kappa shape index (κ1) is 10.7. The third-order valence-corrected chi connectivity index (χ3v) is 2.80.